The van der Waals surface area contributed by atoms with Gasteiger partial charge in [-0.1, -0.05) is 13.0 Å². The monoisotopic (exact) mass is 290 g/mol. The smallest absolute Gasteiger partial charge is 0.222 e. The Kier molecular flexibility index (Phi) is 4.01. The van der Waals surface area contributed by atoms with Crippen molar-refractivity contribution in [2.24, 2.45) is 5.92 Å². The van der Waals surface area contributed by atoms with Crippen molar-refractivity contribution in [3.05, 3.63) is 23.8 Å². The molecule has 1 amide bonds. The van der Waals surface area contributed by atoms with Gasteiger partial charge in [-0.3, -0.25) is 4.79 Å². The molecule has 2 aliphatic rings. The zero-order chi connectivity index (χ0) is 14.8. The number of amides is 1. The van der Waals surface area contributed by atoms with E-state index in [4.69, 9.17) is 9.47 Å². The lowest BCUT2D eigenvalue weighted by molar-refractivity contribution is -0.128. The predicted octanol–water partition coefficient (Wildman–Crippen LogP) is 1.59. The summed E-state index contributed by atoms with van der Waals surface area (Å²) in [7, 11) is 1.92. The van der Waals surface area contributed by atoms with E-state index in [1.54, 1.807) is 0 Å². The number of benzene rings is 1. The number of hydrogen-bond acceptors (Lipinski definition) is 4. The number of hydrogen-bond donors (Lipinski definition) is 1. The molecule has 114 valence electrons. The minimum Gasteiger partial charge on any atom is -0.486 e. The molecule has 0 spiro atoms. The number of rotatable bonds is 4. The summed E-state index contributed by atoms with van der Waals surface area (Å²) < 4.78 is 11.2. The first-order chi connectivity index (χ1) is 10.2. The molecule has 2 atom stereocenters. The second-order valence-corrected chi connectivity index (χ2v) is 5.85. The summed E-state index contributed by atoms with van der Waals surface area (Å²) >= 11 is 0. The van der Waals surface area contributed by atoms with Gasteiger partial charge >= 0.3 is 0 Å². The molecular weight excluding hydrogens is 268 g/mol. The Morgan fingerprint density at radius 1 is 1.33 bits per heavy atom. The van der Waals surface area contributed by atoms with Crippen LogP contribution in [0.4, 0.5) is 0 Å². The normalized spacial score (nSPS) is 22.5. The lowest BCUT2D eigenvalue weighted by Gasteiger charge is -2.26. The summed E-state index contributed by atoms with van der Waals surface area (Å²) in [6, 6.07) is 6.11. The Labute approximate surface area is 125 Å². The molecule has 0 aliphatic carbocycles. The Morgan fingerprint density at radius 3 is 2.76 bits per heavy atom. The summed E-state index contributed by atoms with van der Waals surface area (Å²) in [6.45, 7) is 4.85. The zero-order valence-electron chi connectivity index (χ0n) is 12.6. The Balaban J connectivity index is 1.75. The highest BCUT2D eigenvalue weighted by atomic mass is 16.6. The van der Waals surface area contributed by atoms with Gasteiger partial charge in [0.25, 0.3) is 0 Å². The topological polar surface area (TPSA) is 50.8 Å². The molecular formula is C16H22N2O3. The zero-order valence-corrected chi connectivity index (χ0v) is 12.6. The number of likely N-dealkylation sites (N-methyl/N-ethyl adjacent to an activating group) is 1. The molecule has 0 radical (unpaired) electrons. The Hall–Kier alpha value is -1.75. The van der Waals surface area contributed by atoms with E-state index < -0.39 is 0 Å². The maximum Gasteiger partial charge on any atom is 0.222 e. The number of fused-ring (bicyclic) bond motifs is 1. The molecule has 5 heteroatoms. The van der Waals surface area contributed by atoms with Crippen molar-refractivity contribution in [2.45, 2.75) is 19.4 Å². The van der Waals surface area contributed by atoms with Crippen LogP contribution in [0.15, 0.2) is 18.2 Å². The highest BCUT2D eigenvalue weighted by molar-refractivity contribution is 5.78. The van der Waals surface area contributed by atoms with Crippen molar-refractivity contribution in [1.29, 1.82) is 0 Å². The number of ether oxygens (including phenoxy) is 2. The molecule has 21 heavy (non-hydrogen) atoms. The minimum absolute atomic E-state index is 0.107. The van der Waals surface area contributed by atoms with Gasteiger partial charge in [0.15, 0.2) is 11.5 Å². The van der Waals surface area contributed by atoms with Gasteiger partial charge in [-0.2, -0.15) is 0 Å². The van der Waals surface area contributed by atoms with Crippen molar-refractivity contribution in [1.82, 2.24) is 10.2 Å². The van der Waals surface area contributed by atoms with Gasteiger partial charge in [0.2, 0.25) is 5.91 Å². The molecule has 2 aliphatic heterocycles. The number of nitrogens with one attached hydrogen (secondary N) is 1. The van der Waals surface area contributed by atoms with Gasteiger partial charge in [-0.05, 0) is 30.7 Å². The van der Waals surface area contributed by atoms with Crippen LogP contribution < -0.4 is 14.8 Å². The van der Waals surface area contributed by atoms with Crippen molar-refractivity contribution in [2.75, 3.05) is 33.4 Å². The van der Waals surface area contributed by atoms with Crippen LogP contribution in [0.25, 0.3) is 0 Å². The standard InChI is InChI=1S/C16H22N2O3/c1-11-7-16(19)18(9-11)10-13(17-2)12-3-4-14-15(8-12)21-6-5-20-14/h3-4,8,11,13,17H,5-7,9-10H2,1-2H3. The summed E-state index contributed by atoms with van der Waals surface area (Å²) in [4.78, 5) is 13.9. The molecule has 1 aromatic rings. The molecule has 2 heterocycles. The van der Waals surface area contributed by atoms with Crippen LogP contribution in [0, 0.1) is 5.92 Å². The fourth-order valence-corrected chi connectivity index (χ4v) is 3.01. The van der Waals surface area contributed by atoms with E-state index in [0.717, 1.165) is 23.6 Å². The molecule has 1 N–H and O–H groups in total. The first-order valence-corrected chi connectivity index (χ1v) is 7.52. The fraction of sp³-hybridized carbons (Fsp3) is 0.562. The third-order valence-electron chi connectivity index (χ3n) is 4.13. The third-order valence-corrected chi connectivity index (χ3v) is 4.13. The van der Waals surface area contributed by atoms with Gasteiger partial charge in [0, 0.05) is 25.6 Å². The molecule has 0 bridgehead atoms. The van der Waals surface area contributed by atoms with Crippen LogP contribution in [0.2, 0.25) is 0 Å². The number of nitrogens with zero attached hydrogens (tertiary/aromatic N) is 1. The lowest BCUT2D eigenvalue weighted by atomic mass is 10.1. The second-order valence-electron chi connectivity index (χ2n) is 5.85. The van der Waals surface area contributed by atoms with Gasteiger partial charge in [0.05, 0.1) is 0 Å². The van der Waals surface area contributed by atoms with Crippen molar-refractivity contribution in [3.8, 4) is 11.5 Å². The van der Waals surface area contributed by atoms with Crippen LogP contribution in [0.3, 0.4) is 0 Å². The number of likely N-dealkylation sites (tertiary alicyclic amines) is 1. The number of carbonyl (C=O) groups is 1. The van der Waals surface area contributed by atoms with Crippen LogP contribution >= 0.6 is 0 Å². The van der Waals surface area contributed by atoms with E-state index in [0.29, 0.717) is 32.1 Å². The maximum atomic E-state index is 12.0. The molecule has 0 aromatic heterocycles. The van der Waals surface area contributed by atoms with Crippen LogP contribution in [-0.4, -0.2) is 44.2 Å². The maximum absolute atomic E-state index is 12.0. The SMILES string of the molecule is CNC(CN1CC(C)CC1=O)c1ccc2c(c1)OCCO2. The van der Waals surface area contributed by atoms with Gasteiger partial charge in [-0.15, -0.1) is 0 Å². The summed E-state index contributed by atoms with van der Waals surface area (Å²) in [5.74, 6) is 2.29. The molecule has 5 nitrogen and oxygen atoms in total. The van der Waals surface area contributed by atoms with Crippen molar-refractivity contribution >= 4 is 5.91 Å². The summed E-state index contributed by atoms with van der Waals surface area (Å²) in [5, 5.41) is 3.30. The van der Waals surface area contributed by atoms with E-state index >= 15 is 0 Å². The largest absolute Gasteiger partial charge is 0.486 e. The quantitative estimate of drug-likeness (QED) is 0.915. The van der Waals surface area contributed by atoms with E-state index in [1.165, 1.54) is 0 Å². The second kappa shape index (κ2) is 5.93. The molecule has 2 unspecified atom stereocenters. The van der Waals surface area contributed by atoms with Crippen molar-refractivity contribution in [3.63, 3.8) is 0 Å². The summed E-state index contributed by atoms with van der Waals surface area (Å²) in [6.07, 6.45) is 0.664. The average molecular weight is 290 g/mol. The Morgan fingerprint density at radius 2 is 2.10 bits per heavy atom. The molecule has 1 fully saturated rings. The first kappa shape index (κ1) is 14.2. The van der Waals surface area contributed by atoms with E-state index in [9.17, 15) is 4.79 Å². The van der Waals surface area contributed by atoms with Gasteiger partial charge in [0.1, 0.15) is 13.2 Å². The van der Waals surface area contributed by atoms with Crippen molar-refractivity contribution < 1.29 is 14.3 Å². The Bertz CT molecular complexity index is 532. The minimum atomic E-state index is 0.107. The molecule has 0 saturated carbocycles. The van der Waals surface area contributed by atoms with Gasteiger partial charge < -0.3 is 19.7 Å². The highest BCUT2D eigenvalue weighted by Crippen LogP contribution is 2.33. The third kappa shape index (κ3) is 2.97. The highest BCUT2D eigenvalue weighted by Gasteiger charge is 2.28. The van der Waals surface area contributed by atoms with Crippen LogP contribution in [0.5, 0.6) is 11.5 Å². The van der Waals surface area contributed by atoms with Gasteiger partial charge in [-0.25, -0.2) is 0 Å². The molecule has 1 aromatic carbocycles. The van der Waals surface area contributed by atoms with E-state index in [1.807, 2.05) is 30.1 Å². The number of carbonyl (C=O) groups excluding carboxylic acids is 1. The molecule has 3 rings (SSSR count). The molecule has 1 saturated heterocycles. The predicted molar refractivity (Wildman–Crippen MR) is 79.6 cm³/mol. The average Bonchev–Trinajstić information content (AvgIpc) is 2.82. The van der Waals surface area contributed by atoms with E-state index in [-0.39, 0.29) is 11.9 Å². The fourth-order valence-electron chi connectivity index (χ4n) is 3.01. The summed E-state index contributed by atoms with van der Waals surface area (Å²) in [5.41, 5.74) is 1.12. The van der Waals surface area contributed by atoms with Crippen LogP contribution in [0.1, 0.15) is 24.9 Å². The lowest BCUT2D eigenvalue weighted by Crippen LogP contribution is -2.35. The first-order valence-electron chi connectivity index (χ1n) is 7.52. The van der Waals surface area contributed by atoms with E-state index in [2.05, 4.69) is 12.2 Å². The van der Waals surface area contributed by atoms with Crippen LogP contribution in [-0.2, 0) is 4.79 Å².